The molecule has 1 aromatic heterocycles. The molecule has 0 spiro atoms. The highest BCUT2D eigenvalue weighted by Crippen LogP contribution is 2.03. The SMILES string of the molecule is Cc1nc(NC2CNC2)cc(=O)[nH]1. The summed E-state index contributed by atoms with van der Waals surface area (Å²) in [5.41, 5.74) is -0.109. The molecule has 0 aromatic carbocycles. The van der Waals surface area contributed by atoms with Crippen LogP contribution in [0.4, 0.5) is 5.82 Å². The van der Waals surface area contributed by atoms with Gasteiger partial charge in [-0.2, -0.15) is 0 Å². The van der Waals surface area contributed by atoms with Crippen molar-refractivity contribution >= 4 is 5.82 Å². The molecule has 13 heavy (non-hydrogen) atoms. The molecule has 70 valence electrons. The Labute approximate surface area is 75.6 Å². The van der Waals surface area contributed by atoms with Gasteiger partial charge in [0.2, 0.25) is 0 Å². The molecule has 0 aliphatic carbocycles. The molecular weight excluding hydrogens is 168 g/mol. The number of anilines is 1. The second-order valence-corrected chi connectivity index (χ2v) is 3.22. The van der Waals surface area contributed by atoms with E-state index in [2.05, 4.69) is 20.6 Å². The molecule has 1 saturated heterocycles. The fraction of sp³-hybridized carbons (Fsp3) is 0.500. The molecule has 1 aliphatic rings. The van der Waals surface area contributed by atoms with Crippen molar-refractivity contribution in [2.45, 2.75) is 13.0 Å². The second-order valence-electron chi connectivity index (χ2n) is 3.22. The Balaban J connectivity index is 2.14. The van der Waals surface area contributed by atoms with Gasteiger partial charge in [-0.3, -0.25) is 4.79 Å². The van der Waals surface area contributed by atoms with Crippen molar-refractivity contribution < 1.29 is 0 Å². The third-order valence-corrected chi connectivity index (χ3v) is 1.99. The molecule has 0 atom stereocenters. The highest BCUT2D eigenvalue weighted by Gasteiger charge is 2.16. The van der Waals surface area contributed by atoms with E-state index < -0.39 is 0 Å². The van der Waals surface area contributed by atoms with Gasteiger partial charge in [0.15, 0.2) is 0 Å². The summed E-state index contributed by atoms with van der Waals surface area (Å²) >= 11 is 0. The van der Waals surface area contributed by atoms with Crippen molar-refractivity contribution in [3.05, 3.63) is 22.2 Å². The zero-order valence-electron chi connectivity index (χ0n) is 7.42. The first-order valence-corrected chi connectivity index (χ1v) is 4.29. The molecule has 0 saturated carbocycles. The van der Waals surface area contributed by atoms with E-state index in [0.29, 0.717) is 17.7 Å². The molecule has 0 amide bonds. The third-order valence-electron chi connectivity index (χ3n) is 1.99. The Morgan fingerprint density at radius 1 is 1.62 bits per heavy atom. The highest BCUT2D eigenvalue weighted by molar-refractivity contribution is 5.35. The lowest BCUT2D eigenvalue weighted by molar-refractivity contribution is 0.471. The van der Waals surface area contributed by atoms with Crippen LogP contribution in [0, 0.1) is 6.92 Å². The minimum absolute atomic E-state index is 0.109. The van der Waals surface area contributed by atoms with Crippen LogP contribution in [0.25, 0.3) is 0 Å². The molecule has 2 heterocycles. The monoisotopic (exact) mass is 180 g/mol. The Hall–Kier alpha value is -1.36. The average molecular weight is 180 g/mol. The number of hydrogen-bond donors (Lipinski definition) is 3. The molecule has 1 fully saturated rings. The van der Waals surface area contributed by atoms with Crippen molar-refractivity contribution in [2.24, 2.45) is 0 Å². The van der Waals surface area contributed by atoms with Crippen LogP contribution in [0.1, 0.15) is 5.82 Å². The zero-order chi connectivity index (χ0) is 9.26. The summed E-state index contributed by atoms with van der Waals surface area (Å²) in [6.45, 7) is 3.65. The second kappa shape index (κ2) is 3.18. The lowest BCUT2D eigenvalue weighted by atomic mass is 10.2. The number of nitrogens with one attached hydrogen (secondary N) is 3. The molecule has 0 unspecified atom stereocenters. The largest absolute Gasteiger partial charge is 0.365 e. The maximum absolute atomic E-state index is 11.0. The standard InChI is InChI=1S/C8H12N4O/c1-5-10-7(2-8(13)11-5)12-6-3-9-4-6/h2,6,9H,3-4H2,1H3,(H2,10,11,12,13). The predicted molar refractivity (Wildman–Crippen MR) is 49.9 cm³/mol. The predicted octanol–water partition coefficient (Wildman–Crippen LogP) is -0.538. The van der Waals surface area contributed by atoms with E-state index in [-0.39, 0.29) is 5.56 Å². The third kappa shape index (κ3) is 1.86. The molecule has 1 aromatic rings. The van der Waals surface area contributed by atoms with Crippen LogP contribution in [0.15, 0.2) is 10.9 Å². The summed E-state index contributed by atoms with van der Waals surface area (Å²) in [5, 5.41) is 6.30. The van der Waals surface area contributed by atoms with Gasteiger partial charge in [-0.05, 0) is 6.92 Å². The van der Waals surface area contributed by atoms with Crippen LogP contribution in [0.3, 0.4) is 0 Å². The van der Waals surface area contributed by atoms with Crippen LogP contribution in [0.2, 0.25) is 0 Å². The molecule has 3 N–H and O–H groups in total. The number of hydrogen-bond acceptors (Lipinski definition) is 4. The van der Waals surface area contributed by atoms with Gasteiger partial charge >= 0.3 is 0 Å². The van der Waals surface area contributed by atoms with E-state index in [0.717, 1.165) is 13.1 Å². The van der Waals surface area contributed by atoms with Gasteiger partial charge in [-0.15, -0.1) is 0 Å². The van der Waals surface area contributed by atoms with Crippen LogP contribution in [-0.4, -0.2) is 29.1 Å². The summed E-state index contributed by atoms with van der Waals surface area (Å²) in [6.07, 6.45) is 0. The summed E-state index contributed by atoms with van der Waals surface area (Å²) in [5.74, 6) is 1.30. The number of nitrogens with zero attached hydrogens (tertiary/aromatic N) is 1. The highest BCUT2D eigenvalue weighted by atomic mass is 16.1. The lowest BCUT2D eigenvalue weighted by Crippen LogP contribution is -2.51. The van der Waals surface area contributed by atoms with Gasteiger partial charge in [0, 0.05) is 19.2 Å². The first-order valence-electron chi connectivity index (χ1n) is 4.29. The maximum atomic E-state index is 11.0. The van der Waals surface area contributed by atoms with Crippen molar-refractivity contribution in [1.29, 1.82) is 0 Å². The van der Waals surface area contributed by atoms with Crippen LogP contribution >= 0.6 is 0 Å². The Morgan fingerprint density at radius 3 is 2.92 bits per heavy atom. The Bertz CT molecular complexity index is 355. The van der Waals surface area contributed by atoms with E-state index in [1.54, 1.807) is 6.92 Å². The van der Waals surface area contributed by atoms with Crippen molar-refractivity contribution in [2.75, 3.05) is 18.4 Å². The molecule has 0 radical (unpaired) electrons. The Morgan fingerprint density at radius 2 is 2.38 bits per heavy atom. The van der Waals surface area contributed by atoms with Crippen LogP contribution < -0.4 is 16.2 Å². The molecular formula is C8H12N4O. The van der Waals surface area contributed by atoms with Crippen molar-refractivity contribution in [3.8, 4) is 0 Å². The number of H-pyrrole nitrogens is 1. The van der Waals surface area contributed by atoms with E-state index in [1.807, 2.05) is 0 Å². The average Bonchev–Trinajstić information content (AvgIpc) is 1.95. The van der Waals surface area contributed by atoms with Crippen molar-refractivity contribution in [3.63, 3.8) is 0 Å². The minimum Gasteiger partial charge on any atom is -0.365 e. The normalized spacial score (nSPS) is 16.7. The van der Waals surface area contributed by atoms with Crippen molar-refractivity contribution in [1.82, 2.24) is 15.3 Å². The molecule has 0 bridgehead atoms. The van der Waals surface area contributed by atoms with Crippen LogP contribution in [-0.2, 0) is 0 Å². The summed E-state index contributed by atoms with van der Waals surface area (Å²) in [7, 11) is 0. The van der Waals surface area contributed by atoms with Gasteiger partial charge in [-0.25, -0.2) is 4.98 Å². The summed E-state index contributed by atoms with van der Waals surface area (Å²) in [6, 6.07) is 1.89. The van der Waals surface area contributed by atoms with E-state index >= 15 is 0 Å². The number of aromatic nitrogens is 2. The first-order chi connectivity index (χ1) is 6.24. The molecule has 5 heteroatoms. The van der Waals surface area contributed by atoms with Gasteiger partial charge in [0.1, 0.15) is 11.6 Å². The van der Waals surface area contributed by atoms with E-state index in [9.17, 15) is 4.79 Å². The number of aromatic amines is 1. The van der Waals surface area contributed by atoms with E-state index in [4.69, 9.17) is 0 Å². The van der Waals surface area contributed by atoms with Crippen LogP contribution in [0.5, 0.6) is 0 Å². The van der Waals surface area contributed by atoms with Gasteiger partial charge < -0.3 is 15.6 Å². The summed E-state index contributed by atoms with van der Waals surface area (Å²) in [4.78, 5) is 17.8. The first kappa shape index (κ1) is 8.25. The molecule has 2 rings (SSSR count). The van der Waals surface area contributed by atoms with E-state index in [1.165, 1.54) is 6.07 Å². The van der Waals surface area contributed by atoms with Gasteiger partial charge in [0.25, 0.3) is 5.56 Å². The molecule has 1 aliphatic heterocycles. The Kier molecular flexibility index (Phi) is 2.02. The lowest BCUT2D eigenvalue weighted by Gasteiger charge is -2.28. The fourth-order valence-corrected chi connectivity index (χ4v) is 1.25. The molecule has 5 nitrogen and oxygen atoms in total. The smallest absolute Gasteiger partial charge is 0.252 e. The number of rotatable bonds is 2. The number of aryl methyl sites for hydroxylation is 1. The minimum atomic E-state index is -0.109. The van der Waals surface area contributed by atoms with Gasteiger partial charge in [-0.1, -0.05) is 0 Å². The fourth-order valence-electron chi connectivity index (χ4n) is 1.25. The zero-order valence-corrected chi connectivity index (χ0v) is 7.42. The topological polar surface area (TPSA) is 69.8 Å². The van der Waals surface area contributed by atoms with Gasteiger partial charge in [0.05, 0.1) is 6.04 Å². The summed E-state index contributed by atoms with van der Waals surface area (Å²) < 4.78 is 0. The quantitative estimate of drug-likeness (QED) is 0.572. The maximum Gasteiger partial charge on any atom is 0.252 e.